The first-order valence-electron chi connectivity index (χ1n) is 6.88. The van der Waals surface area contributed by atoms with Crippen LogP contribution in [0.3, 0.4) is 0 Å². The number of nitrogens with one attached hydrogen (secondary N) is 1. The van der Waals surface area contributed by atoms with Gasteiger partial charge in [0.1, 0.15) is 0 Å². The van der Waals surface area contributed by atoms with Crippen LogP contribution in [0.25, 0.3) is 10.9 Å². The molecule has 0 aliphatic heterocycles. The molecule has 1 atom stereocenters. The lowest BCUT2D eigenvalue weighted by molar-refractivity contribution is 0.470. The van der Waals surface area contributed by atoms with Gasteiger partial charge in [0.2, 0.25) is 0 Å². The van der Waals surface area contributed by atoms with E-state index in [2.05, 4.69) is 41.6 Å². The average Bonchev–Trinajstić information content (AvgIpc) is 3.24. The quantitative estimate of drug-likeness (QED) is 0.868. The average molecular weight is 240 g/mol. The van der Waals surface area contributed by atoms with Crippen LogP contribution < -0.4 is 5.32 Å². The first-order chi connectivity index (χ1) is 8.86. The number of benzene rings is 1. The first kappa shape index (κ1) is 11.7. The molecule has 94 valence electrons. The van der Waals surface area contributed by atoms with Gasteiger partial charge < -0.3 is 5.32 Å². The summed E-state index contributed by atoms with van der Waals surface area (Å²) < 4.78 is 0. The molecular weight excluding hydrogens is 220 g/mol. The lowest BCUT2D eigenvalue weighted by Gasteiger charge is -2.15. The fourth-order valence-electron chi connectivity index (χ4n) is 2.72. The van der Waals surface area contributed by atoms with Crippen LogP contribution in [0.4, 0.5) is 0 Å². The topological polar surface area (TPSA) is 24.9 Å². The maximum absolute atomic E-state index is 4.36. The molecule has 0 amide bonds. The van der Waals surface area contributed by atoms with Crippen LogP contribution in [0.5, 0.6) is 0 Å². The van der Waals surface area contributed by atoms with E-state index in [9.17, 15) is 0 Å². The number of rotatable bonds is 5. The van der Waals surface area contributed by atoms with E-state index in [1.165, 1.54) is 30.2 Å². The molecule has 1 fully saturated rings. The maximum atomic E-state index is 4.36. The molecule has 1 aliphatic rings. The van der Waals surface area contributed by atoms with Gasteiger partial charge in [-0.3, -0.25) is 4.98 Å². The molecule has 2 heteroatoms. The van der Waals surface area contributed by atoms with Crippen molar-refractivity contribution in [3.05, 3.63) is 42.1 Å². The summed E-state index contributed by atoms with van der Waals surface area (Å²) in [6.45, 7) is 0. The Morgan fingerprint density at radius 1 is 1.33 bits per heavy atom. The van der Waals surface area contributed by atoms with Crippen LogP contribution in [-0.4, -0.2) is 18.1 Å². The van der Waals surface area contributed by atoms with E-state index in [-0.39, 0.29) is 0 Å². The van der Waals surface area contributed by atoms with Crippen molar-refractivity contribution in [1.82, 2.24) is 10.3 Å². The van der Waals surface area contributed by atoms with Crippen LogP contribution >= 0.6 is 0 Å². The molecule has 1 aromatic heterocycles. The van der Waals surface area contributed by atoms with E-state index in [1.807, 2.05) is 12.3 Å². The molecule has 1 unspecified atom stereocenters. The Kier molecular flexibility index (Phi) is 3.28. The molecule has 2 aromatic rings. The minimum Gasteiger partial charge on any atom is -0.317 e. The predicted octanol–water partition coefficient (Wildman–Crippen LogP) is 3.17. The third kappa shape index (κ3) is 2.54. The Hall–Kier alpha value is -1.41. The summed E-state index contributed by atoms with van der Waals surface area (Å²) >= 11 is 0. The molecule has 1 N–H and O–H groups in total. The van der Waals surface area contributed by atoms with Crippen molar-refractivity contribution < 1.29 is 0 Å². The zero-order valence-electron chi connectivity index (χ0n) is 10.9. The van der Waals surface area contributed by atoms with E-state index in [0.717, 1.165) is 17.9 Å². The Morgan fingerprint density at radius 3 is 3.00 bits per heavy atom. The standard InChI is InChI=1S/C16H20N2/c1-17-15(13-6-7-13)8-4-12-5-9-16-14(11-12)3-2-10-18-16/h2-3,5,9-11,13,15,17H,4,6-8H2,1H3. The monoisotopic (exact) mass is 240 g/mol. The van der Waals surface area contributed by atoms with Gasteiger partial charge in [-0.05, 0) is 62.4 Å². The molecular formula is C16H20N2. The predicted molar refractivity (Wildman–Crippen MR) is 75.6 cm³/mol. The minimum absolute atomic E-state index is 0.703. The second kappa shape index (κ2) is 5.07. The summed E-state index contributed by atoms with van der Waals surface area (Å²) in [6, 6.07) is 11.5. The summed E-state index contributed by atoms with van der Waals surface area (Å²) in [5.74, 6) is 0.928. The summed E-state index contributed by atoms with van der Waals surface area (Å²) in [6.07, 6.45) is 7.08. The van der Waals surface area contributed by atoms with Gasteiger partial charge in [0.05, 0.1) is 5.52 Å². The molecule has 18 heavy (non-hydrogen) atoms. The number of hydrogen-bond donors (Lipinski definition) is 1. The first-order valence-corrected chi connectivity index (χ1v) is 6.88. The van der Waals surface area contributed by atoms with Gasteiger partial charge >= 0.3 is 0 Å². The highest BCUT2D eigenvalue weighted by molar-refractivity contribution is 5.78. The fraction of sp³-hybridized carbons (Fsp3) is 0.438. The summed E-state index contributed by atoms with van der Waals surface area (Å²) in [5, 5.41) is 4.71. The highest BCUT2D eigenvalue weighted by Gasteiger charge is 2.29. The smallest absolute Gasteiger partial charge is 0.0702 e. The Bertz CT molecular complexity index is 531. The highest BCUT2D eigenvalue weighted by atomic mass is 14.9. The minimum atomic E-state index is 0.703. The van der Waals surface area contributed by atoms with Gasteiger partial charge in [-0.15, -0.1) is 0 Å². The van der Waals surface area contributed by atoms with Gasteiger partial charge in [-0.2, -0.15) is 0 Å². The number of nitrogens with zero attached hydrogens (tertiary/aromatic N) is 1. The van der Waals surface area contributed by atoms with E-state index in [1.54, 1.807) is 0 Å². The summed E-state index contributed by atoms with van der Waals surface area (Å²) in [4.78, 5) is 4.36. The lowest BCUT2D eigenvalue weighted by atomic mass is 10.0. The number of aryl methyl sites for hydroxylation is 1. The number of hydrogen-bond acceptors (Lipinski definition) is 2. The van der Waals surface area contributed by atoms with Gasteiger partial charge in [-0.1, -0.05) is 12.1 Å². The number of fused-ring (bicyclic) bond motifs is 1. The Balaban J connectivity index is 1.70. The van der Waals surface area contributed by atoms with Crippen molar-refractivity contribution in [3.8, 4) is 0 Å². The zero-order valence-corrected chi connectivity index (χ0v) is 10.9. The van der Waals surface area contributed by atoms with Crippen LogP contribution in [0.1, 0.15) is 24.8 Å². The molecule has 0 saturated heterocycles. The Labute approximate surface area is 108 Å². The van der Waals surface area contributed by atoms with Crippen molar-refractivity contribution >= 4 is 10.9 Å². The van der Waals surface area contributed by atoms with E-state index in [0.29, 0.717) is 6.04 Å². The SMILES string of the molecule is CNC(CCc1ccc2ncccc2c1)C1CC1. The third-order valence-electron chi connectivity index (χ3n) is 3.97. The second-order valence-electron chi connectivity index (χ2n) is 5.30. The molecule has 0 bridgehead atoms. The van der Waals surface area contributed by atoms with Crippen molar-refractivity contribution in [2.45, 2.75) is 31.7 Å². The number of aromatic nitrogens is 1. The van der Waals surface area contributed by atoms with Crippen LogP contribution in [0.15, 0.2) is 36.5 Å². The molecule has 1 aliphatic carbocycles. The van der Waals surface area contributed by atoms with Gasteiger partial charge in [0, 0.05) is 17.6 Å². The zero-order chi connectivity index (χ0) is 12.4. The highest BCUT2D eigenvalue weighted by Crippen LogP contribution is 2.34. The van der Waals surface area contributed by atoms with Crippen LogP contribution in [0, 0.1) is 5.92 Å². The van der Waals surface area contributed by atoms with Gasteiger partial charge in [0.25, 0.3) is 0 Å². The van der Waals surface area contributed by atoms with Crippen molar-refractivity contribution in [1.29, 1.82) is 0 Å². The third-order valence-corrected chi connectivity index (χ3v) is 3.97. The Morgan fingerprint density at radius 2 is 2.22 bits per heavy atom. The molecule has 0 radical (unpaired) electrons. The largest absolute Gasteiger partial charge is 0.317 e. The normalized spacial score (nSPS) is 16.9. The maximum Gasteiger partial charge on any atom is 0.0702 e. The number of pyridine rings is 1. The van der Waals surface area contributed by atoms with Crippen molar-refractivity contribution in [2.75, 3.05) is 7.05 Å². The van der Waals surface area contributed by atoms with Gasteiger partial charge in [-0.25, -0.2) is 0 Å². The molecule has 1 aromatic carbocycles. The lowest BCUT2D eigenvalue weighted by Crippen LogP contribution is -2.27. The van der Waals surface area contributed by atoms with Crippen LogP contribution in [-0.2, 0) is 6.42 Å². The summed E-state index contributed by atoms with van der Waals surface area (Å²) in [5.41, 5.74) is 2.52. The summed E-state index contributed by atoms with van der Waals surface area (Å²) in [7, 11) is 2.09. The molecule has 0 spiro atoms. The fourth-order valence-corrected chi connectivity index (χ4v) is 2.72. The molecule has 2 nitrogen and oxygen atoms in total. The van der Waals surface area contributed by atoms with Crippen molar-refractivity contribution in [3.63, 3.8) is 0 Å². The molecule has 1 saturated carbocycles. The van der Waals surface area contributed by atoms with Gasteiger partial charge in [0.15, 0.2) is 0 Å². The molecule has 3 rings (SSSR count). The van der Waals surface area contributed by atoms with Crippen LogP contribution in [0.2, 0.25) is 0 Å². The van der Waals surface area contributed by atoms with E-state index in [4.69, 9.17) is 0 Å². The second-order valence-corrected chi connectivity index (χ2v) is 5.30. The molecule has 1 heterocycles. The van der Waals surface area contributed by atoms with E-state index >= 15 is 0 Å². The van der Waals surface area contributed by atoms with Crippen molar-refractivity contribution in [2.24, 2.45) is 5.92 Å². The van der Waals surface area contributed by atoms with E-state index < -0.39 is 0 Å².